The van der Waals surface area contributed by atoms with Crippen LogP contribution in [-0.2, 0) is 22.4 Å². The maximum Gasteiger partial charge on any atom is 0.270 e. The number of methoxy groups -OCH3 is 1. The zero-order chi connectivity index (χ0) is 13.9. The molecule has 0 unspecified atom stereocenters. The summed E-state index contributed by atoms with van der Waals surface area (Å²) in [6, 6.07) is 7.41. The summed E-state index contributed by atoms with van der Waals surface area (Å²) in [5.74, 6) is 0.227. The number of rotatable bonds is 5. The van der Waals surface area contributed by atoms with E-state index >= 15 is 0 Å². The van der Waals surface area contributed by atoms with Gasteiger partial charge in [0.05, 0.1) is 13.7 Å². The highest BCUT2D eigenvalue weighted by Gasteiger charge is 2.10. The zero-order valence-electron chi connectivity index (χ0n) is 10.2. The Hall–Kier alpha value is -1.93. The van der Waals surface area contributed by atoms with Crippen LogP contribution in [0.2, 0.25) is 0 Å². The van der Waals surface area contributed by atoms with E-state index < -0.39 is 15.9 Å². The molecule has 2 aromatic rings. The van der Waals surface area contributed by atoms with Crippen LogP contribution in [0.5, 0.6) is 5.75 Å². The molecule has 102 valence electrons. The average molecular weight is 283 g/mol. The monoisotopic (exact) mass is 283 g/mol. The Morgan fingerprint density at radius 2 is 2.00 bits per heavy atom. The molecule has 1 aromatic heterocycles. The molecule has 0 aliphatic carbocycles. The lowest BCUT2D eigenvalue weighted by molar-refractivity contribution is 0.414. The molecule has 0 aliphatic rings. The van der Waals surface area contributed by atoms with E-state index in [2.05, 4.69) is 10.3 Å². The lowest BCUT2D eigenvalue weighted by Crippen LogP contribution is -2.02. The summed E-state index contributed by atoms with van der Waals surface area (Å²) in [4.78, 5) is 0. The minimum atomic E-state index is -4.08. The average Bonchev–Trinajstić information content (AvgIpc) is 2.75. The van der Waals surface area contributed by atoms with Gasteiger partial charge in [-0.2, -0.15) is 8.42 Å². The van der Waals surface area contributed by atoms with E-state index in [0.29, 0.717) is 6.54 Å². The van der Waals surface area contributed by atoms with Crippen LogP contribution in [0.3, 0.4) is 0 Å². The summed E-state index contributed by atoms with van der Waals surface area (Å²) in [6.07, 6.45) is 1.48. The van der Waals surface area contributed by atoms with Crippen LogP contribution in [0, 0.1) is 0 Å². The van der Waals surface area contributed by atoms with Gasteiger partial charge in [0.1, 0.15) is 17.2 Å². The van der Waals surface area contributed by atoms with E-state index in [1.54, 1.807) is 7.11 Å². The summed E-state index contributed by atoms with van der Waals surface area (Å²) < 4.78 is 36.7. The summed E-state index contributed by atoms with van der Waals surface area (Å²) in [5, 5.41) is 7.48. The van der Waals surface area contributed by atoms with Crippen molar-refractivity contribution in [1.82, 2.24) is 15.0 Å². The smallest absolute Gasteiger partial charge is 0.270 e. The van der Waals surface area contributed by atoms with Crippen LogP contribution in [0.1, 0.15) is 11.3 Å². The first-order valence-electron chi connectivity index (χ1n) is 5.43. The van der Waals surface area contributed by atoms with Gasteiger partial charge in [0, 0.05) is 6.20 Å². The lowest BCUT2D eigenvalue weighted by Gasteiger charge is -2.02. The molecular weight excluding hydrogens is 270 g/mol. The molecular formula is C11H13N3O4S. The van der Waals surface area contributed by atoms with Crippen LogP contribution in [0.25, 0.3) is 0 Å². The Bertz CT molecular complexity index is 649. The Balaban J connectivity index is 2.06. The second kappa shape index (κ2) is 5.37. The van der Waals surface area contributed by atoms with Gasteiger partial charge in [-0.05, 0) is 17.7 Å². The Morgan fingerprint density at radius 3 is 2.58 bits per heavy atom. The van der Waals surface area contributed by atoms with Crippen LogP contribution in [0.15, 0.2) is 30.5 Å². The molecule has 0 saturated heterocycles. The van der Waals surface area contributed by atoms with Gasteiger partial charge in [-0.15, -0.1) is 5.10 Å². The third kappa shape index (κ3) is 4.04. The minimum absolute atomic E-state index is 0.205. The summed E-state index contributed by atoms with van der Waals surface area (Å²) >= 11 is 0. The number of benzene rings is 1. The summed E-state index contributed by atoms with van der Waals surface area (Å²) in [7, 11) is -2.49. The van der Waals surface area contributed by atoms with Gasteiger partial charge < -0.3 is 4.74 Å². The van der Waals surface area contributed by atoms with Gasteiger partial charge in [-0.25, -0.2) is 4.68 Å². The SMILES string of the molecule is COc1ccc(Cn2cc(CS(=O)(=O)O)nn2)cc1. The molecule has 8 heteroatoms. The first kappa shape index (κ1) is 13.5. The number of hydrogen-bond acceptors (Lipinski definition) is 5. The largest absolute Gasteiger partial charge is 0.497 e. The van der Waals surface area contributed by atoms with Crippen molar-refractivity contribution in [2.24, 2.45) is 0 Å². The van der Waals surface area contributed by atoms with Gasteiger partial charge in [0.2, 0.25) is 0 Å². The van der Waals surface area contributed by atoms with E-state index in [1.807, 2.05) is 24.3 Å². The minimum Gasteiger partial charge on any atom is -0.497 e. The van der Waals surface area contributed by atoms with E-state index in [4.69, 9.17) is 9.29 Å². The highest BCUT2D eigenvalue weighted by Crippen LogP contribution is 2.12. The highest BCUT2D eigenvalue weighted by atomic mass is 32.2. The molecule has 19 heavy (non-hydrogen) atoms. The van der Waals surface area contributed by atoms with Crippen molar-refractivity contribution in [1.29, 1.82) is 0 Å². The molecule has 0 aliphatic heterocycles. The second-order valence-corrected chi connectivity index (χ2v) is 5.43. The van der Waals surface area contributed by atoms with Crippen LogP contribution >= 0.6 is 0 Å². The first-order valence-corrected chi connectivity index (χ1v) is 7.04. The molecule has 1 heterocycles. The maximum absolute atomic E-state index is 10.7. The molecule has 0 amide bonds. The molecule has 0 saturated carbocycles. The quantitative estimate of drug-likeness (QED) is 0.813. The van der Waals surface area contributed by atoms with Crippen molar-refractivity contribution < 1.29 is 17.7 Å². The van der Waals surface area contributed by atoms with Crippen molar-refractivity contribution >= 4 is 10.1 Å². The third-order valence-electron chi connectivity index (χ3n) is 2.42. The van der Waals surface area contributed by atoms with Crippen LogP contribution < -0.4 is 4.74 Å². The van der Waals surface area contributed by atoms with Crippen LogP contribution in [0.4, 0.5) is 0 Å². The lowest BCUT2D eigenvalue weighted by atomic mass is 10.2. The first-order chi connectivity index (χ1) is 8.96. The number of hydrogen-bond donors (Lipinski definition) is 1. The van der Waals surface area contributed by atoms with Gasteiger partial charge >= 0.3 is 0 Å². The van der Waals surface area contributed by atoms with Crippen molar-refractivity contribution in [3.05, 3.63) is 41.7 Å². The van der Waals surface area contributed by atoms with E-state index in [0.717, 1.165) is 11.3 Å². The predicted octanol–water partition coefficient (Wildman–Crippen LogP) is 0.723. The molecule has 0 spiro atoms. The second-order valence-electron chi connectivity index (χ2n) is 3.98. The molecule has 7 nitrogen and oxygen atoms in total. The Kier molecular flexibility index (Phi) is 3.82. The van der Waals surface area contributed by atoms with E-state index in [-0.39, 0.29) is 5.69 Å². The zero-order valence-corrected chi connectivity index (χ0v) is 11.0. The van der Waals surface area contributed by atoms with Crippen molar-refractivity contribution in [2.75, 3.05) is 7.11 Å². The standard InChI is InChI=1S/C11H13N3O4S/c1-18-11-4-2-9(3-5-11)6-14-7-10(12-13-14)8-19(15,16)17/h2-5,7H,6,8H2,1H3,(H,15,16,17). The van der Waals surface area contributed by atoms with Crippen LogP contribution in [-0.4, -0.2) is 35.1 Å². The van der Waals surface area contributed by atoms with Gasteiger partial charge in [-0.3, -0.25) is 4.55 Å². The number of ether oxygens (including phenoxy) is 1. The Morgan fingerprint density at radius 1 is 1.32 bits per heavy atom. The fourth-order valence-corrected chi connectivity index (χ4v) is 2.09. The topological polar surface area (TPSA) is 94.3 Å². The van der Waals surface area contributed by atoms with Gasteiger partial charge in [0.15, 0.2) is 0 Å². The van der Waals surface area contributed by atoms with E-state index in [9.17, 15) is 8.42 Å². The number of aromatic nitrogens is 3. The maximum atomic E-state index is 10.7. The highest BCUT2D eigenvalue weighted by molar-refractivity contribution is 7.84. The van der Waals surface area contributed by atoms with E-state index in [1.165, 1.54) is 10.9 Å². The fraction of sp³-hybridized carbons (Fsp3) is 0.273. The fourth-order valence-electron chi connectivity index (χ4n) is 1.59. The molecule has 1 aromatic carbocycles. The van der Waals surface area contributed by atoms with Crippen molar-refractivity contribution in [2.45, 2.75) is 12.3 Å². The summed E-state index contributed by atoms with van der Waals surface area (Å²) in [5.41, 5.74) is 1.18. The van der Waals surface area contributed by atoms with Gasteiger partial charge in [-0.1, -0.05) is 17.3 Å². The molecule has 0 fully saturated rings. The molecule has 1 N–H and O–H groups in total. The van der Waals surface area contributed by atoms with Crippen molar-refractivity contribution in [3.8, 4) is 5.75 Å². The molecule has 2 rings (SSSR count). The number of nitrogens with zero attached hydrogens (tertiary/aromatic N) is 3. The normalized spacial score (nSPS) is 11.5. The summed E-state index contributed by atoms with van der Waals surface area (Å²) in [6.45, 7) is 0.461. The van der Waals surface area contributed by atoms with Gasteiger partial charge in [0.25, 0.3) is 10.1 Å². The van der Waals surface area contributed by atoms with Crippen molar-refractivity contribution in [3.63, 3.8) is 0 Å². The molecule has 0 atom stereocenters. The Labute approximate surface area is 110 Å². The molecule has 0 bridgehead atoms. The predicted molar refractivity (Wildman–Crippen MR) is 67.4 cm³/mol. The molecule has 0 radical (unpaired) electrons. The third-order valence-corrected chi connectivity index (χ3v) is 3.08.